The minimum atomic E-state index is 0.539. The molecule has 7 nitrogen and oxygen atoms in total. The number of hydrogen-bond donors (Lipinski definition) is 3. The number of aryl methyl sites for hydroxylation is 2. The van der Waals surface area contributed by atoms with Crippen LogP contribution in [0.1, 0.15) is 29.7 Å². The van der Waals surface area contributed by atoms with Gasteiger partial charge in [0, 0.05) is 12.2 Å². The monoisotopic (exact) mass is 427 g/mol. The lowest BCUT2D eigenvalue weighted by atomic mass is 10.2. The molecule has 0 aliphatic carbocycles. The third-order valence-corrected chi connectivity index (χ3v) is 5.12. The van der Waals surface area contributed by atoms with Gasteiger partial charge in [0.05, 0.1) is 36.4 Å². The van der Waals surface area contributed by atoms with Gasteiger partial charge in [-0.2, -0.15) is 5.10 Å². The van der Waals surface area contributed by atoms with Crippen molar-refractivity contribution in [1.29, 1.82) is 0 Å². The summed E-state index contributed by atoms with van der Waals surface area (Å²) < 4.78 is 1.98. The van der Waals surface area contributed by atoms with Gasteiger partial charge in [-0.1, -0.05) is 48.5 Å². The smallest absolute Gasteiger partial charge is 0.191 e. The molecule has 0 unspecified atom stereocenters. The lowest BCUT2D eigenvalue weighted by molar-refractivity contribution is 0.781. The number of nitrogens with zero attached hydrogens (tertiary/aromatic N) is 4. The Bertz CT molecular complexity index is 1190. The molecule has 4 rings (SSSR count). The van der Waals surface area contributed by atoms with Crippen molar-refractivity contribution in [3.05, 3.63) is 89.6 Å². The van der Waals surface area contributed by atoms with E-state index in [9.17, 15) is 0 Å². The molecule has 0 saturated heterocycles. The normalized spacial score (nSPS) is 11.5. The summed E-state index contributed by atoms with van der Waals surface area (Å²) in [4.78, 5) is 12.7. The molecule has 164 valence electrons. The van der Waals surface area contributed by atoms with E-state index in [1.165, 1.54) is 0 Å². The molecule has 2 heterocycles. The molecule has 7 heteroatoms. The summed E-state index contributed by atoms with van der Waals surface area (Å²) >= 11 is 0. The van der Waals surface area contributed by atoms with Gasteiger partial charge in [-0.15, -0.1) is 0 Å². The zero-order valence-corrected chi connectivity index (χ0v) is 18.8. The molecule has 32 heavy (non-hydrogen) atoms. The van der Waals surface area contributed by atoms with Crippen molar-refractivity contribution in [2.24, 2.45) is 4.99 Å². The van der Waals surface area contributed by atoms with E-state index in [2.05, 4.69) is 69.9 Å². The highest BCUT2D eigenvalue weighted by Gasteiger charge is 2.09. The van der Waals surface area contributed by atoms with Crippen molar-refractivity contribution in [3.63, 3.8) is 0 Å². The van der Waals surface area contributed by atoms with Crippen LogP contribution >= 0.6 is 0 Å². The van der Waals surface area contributed by atoms with Crippen molar-refractivity contribution >= 4 is 5.96 Å². The van der Waals surface area contributed by atoms with Crippen LogP contribution in [-0.4, -0.2) is 32.3 Å². The molecule has 0 atom stereocenters. The first-order valence-electron chi connectivity index (χ1n) is 10.9. The van der Waals surface area contributed by atoms with Crippen LogP contribution in [0.3, 0.4) is 0 Å². The summed E-state index contributed by atoms with van der Waals surface area (Å²) in [5.74, 6) is 1.60. The van der Waals surface area contributed by atoms with Gasteiger partial charge in [0.25, 0.3) is 0 Å². The minimum Gasteiger partial charge on any atom is -0.357 e. The highest BCUT2D eigenvalue weighted by Crippen LogP contribution is 2.18. The molecule has 0 aliphatic rings. The second kappa shape index (κ2) is 9.96. The Morgan fingerprint density at radius 3 is 2.56 bits per heavy atom. The number of rotatable bonds is 7. The summed E-state index contributed by atoms with van der Waals surface area (Å²) in [5, 5.41) is 11.3. The fourth-order valence-corrected chi connectivity index (χ4v) is 3.61. The maximum absolute atomic E-state index is 4.80. The second-order valence-corrected chi connectivity index (χ2v) is 7.63. The van der Waals surface area contributed by atoms with Gasteiger partial charge in [0.15, 0.2) is 5.96 Å². The molecule has 0 spiro atoms. The first-order valence-corrected chi connectivity index (χ1v) is 10.9. The van der Waals surface area contributed by atoms with Crippen molar-refractivity contribution in [3.8, 4) is 16.9 Å². The van der Waals surface area contributed by atoms with E-state index in [0.29, 0.717) is 13.1 Å². The van der Waals surface area contributed by atoms with E-state index in [1.54, 1.807) is 0 Å². The van der Waals surface area contributed by atoms with E-state index in [0.717, 1.165) is 52.2 Å². The molecule has 2 aromatic heterocycles. The molecule has 4 aromatic rings. The van der Waals surface area contributed by atoms with Crippen LogP contribution in [0.2, 0.25) is 0 Å². The Morgan fingerprint density at radius 1 is 1.03 bits per heavy atom. The van der Waals surface area contributed by atoms with Crippen molar-refractivity contribution < 1.29 is 0 Å². The zero-order valence-electron chi connectivity index (χ0n) is 18.8. The van der Waals surface area contributed by atoms with Crippen LogP contribution in [0.25, 0.3) is 16.9 Å². The summed E-state index contributed by atoms with van der Waals surface area (Å²) in [6, 6.07) is 20.5. The predicted molar refractivity (Wildman–Crippen MR) is 129 cm³/mol. The summed E-state index contributed by atoms with van der Waals surface area (Å²) in [7, 11) is 0. The van der Waals surface area contributed by atoms with Crippen molar-refractivity contribution in [1.82, 2.24) is 30.4 Å². The van der Waals surface area contributed by atoms with Gasteiger partial charge in [-0.25, -0.2) is 14.7 Å². The Morgan fingerprint density at radius 2 is 1.81 bits per heavy atom. The fraction of sp³-hybridized carbons (Fsp3) is 0.240. The van der Waals surface area contributed by atoms with E-state index in [-0.39, 0.29) is 0 Å². The van der Waals surface area contributed by atoms with Gasteiger partial charge < -0.3 is 15.6 Å². The van der Waals surface area contributed by atoms with Gasteiger partial charge in [0.2, 0.25) is 0 Å². The number of para-hydroxylation sites is 1. The van der Waals surface area contributed by atoms with Gasteiger partial charge >= 0.3 is 0 Å². The number of aromatic nitrogens is 4. The topological polar surface area (TPSA) is 82.9 Å². The zero-order chi connectivity index (χ0) is 22.3. The lowest BCUT2D eigenvalue weighted by Gasteiger charge is -2.12. The average Bonchev–Trinajstić information content (AvgIpc) is 3.42. The average molecular weight is 428 g/mol. The molecule has 0 bridgehead atoms. The van der Waals surface area contributed by atoms with Crippen LogP contribution < -0.4 is 10.6 Å². The summed E-state index contributed by atoms with van der Waals surface area (Å²) in [6.45, 7) is 8.00. The molecule has 0 radical (unpaired) electrons. The molecule has 3 N–H and O–H groups in total. The molecular weight excluding hydrogens is 398 g/mol. The fourth-order valence-electron chi connectivity index (χ4n) is 3.61. The maximum atomic E-state index is 4.80. The molecular formula is C25H29N7. The van der Waals surface area contributed by atoms with E-state index < -0.39 is 0 Å². The highest BCUT2D eigenvalue weighted by molar-refractivity contribution is 5.79. The van der Waals surface area contributed by atoms with Gasteiger partial charge in [0.1, 0.15) is 5.82 Å². The number of guanidine groups is 1. The number of nitrogens with one attached hydrogen (secondary N) is 3. The third kappa shape index (κ3) is 5.06. The number of aliphatic imine (C=N–C) groups is 1. The minimum absolute atomic E-state index is 0.539. The maximum Gasteiger partial charge on any atom is 0.191 e. The Hall–Kier alpha value is -3.87. The third-order valence-electron chi connectivity index (χ3n) is 5.12. The molecule has 2 aromatic carbocycles. The lowest BCUT2D eigenvalue weighted by Crippen LogP contribution is -2.37. The number of H-pyrrole nitrogens is 1. The van der Waals surface area contributed by atoms with E-state index in [4.69, 9.17) is 4.99 Å². The molecule has 0 amide bonds. The number of hydrogen-bond acceptors (Lipinski definition) is 3. The number of imidazole rings is 1. The van der Waals surface area contributed by atoms with Crippen molar-refractivity contribution in [2.45, 2.75) is 33.9 Å². The van der Waals surface area contributed by atoms with Crippen LogP contribution in [0.5, 0.6) is 0 Å². The number of aromatic amines is 1. The molecule has 0 saturated carbocycles. The van der Waals surface area contributed by atoms with Gasteiger partial charge in [-0.05, 0) is 44.0 Å². The largest absolute Gasteiger partial charge is 0.357 e. The second-order valence-electron chi connectivity index (χ2n) is 7.63. The quantitative estimate of drug-likeness (QED) is 0.306. The SMILES string of the molecule is CCNC(=NCc1ccccc1-n1nc(C)cc1C)NCc1ncc(-c2ccccc2)[nH]1. The van der Waals surface area contributed by atoms with Crippen LogP contribution in [0, 0.1) is 13.8 Å². The number of benzene rings is 2. The predicted octanol–water partition coefficient (Wildman–Crippen LogP) is 4.13. The first kappa shape index (κ1) is 21.4. The van der Waals surface area contributed by atoms with E-state index in [1.807, 2.05) is 48.1 Å². The Kier molecular flexibility index (Phi) is 6.65. The first-order chi connectivity index (χ1) is 15.6. The van der Waals surface area contributed by atoms with Crippen LogP contribution in [0.4, 0.5) is 0 Å². The standard InChI is InChI=1S/C25H29N7/c1-4-26-25(29-17-24-27-16-22(30-24)20-10-6-5-7-11-20)28-15-21-12-8-9-13-23(21)32-19(3)14-18(2)31-32/h5-14,16H,4,15,17H2,1-3H3,(H,27,30)(H2,26,28,29). The van der Waals surface area contributed by atoms with E-state index >= 15 is 0 Å². The van der Waals surface area contributed by atoms with Crippen LogP contribution in [-0.2, 0) is 13.1 Å². The summed E-state index contributed by atoms with van der Waals surface area (Å²) in [6.07, 6.45) is 1.86. The summed E-state index contributed by atoms with van der Waals surface area (Å²) in [5.41, 5.74) is 6.40. The highest BCUT2D eigenvalue weighted by atomic mass is 15.3. The van der Waals surface area contributed by atoms with Crippen molar-refractivity contribution in [2.75, 3.05) is 6.54 Å². The molecule has 0 fully saturated rings. The van der Waals surface area contributed by atoms with Crippen LogP contribution in [0.15, 0.2) is 71.9 Å². The van der Waals surface area contributed by atoms with Gasteiger partial charge in [-0.3, -0.25) is 0 Å². The Balaban J connectivity index is 1.47. The Labute approximate surface area is 188 Å². The molecule has 0 aliphatic heterocycles.